The number of nitrogens with zero attached hydrogens (tertiary/aromatic N) is 3. The van der Waals surface area contributed by atoms with Crippen LogP contribution in [0.3, 0.4) is 0 Å². The topological polar surface area (TPSA) is 94.5 Å². The van der Waals surface area contributed by atoms with Crippen molar-refractivity contribution in [3.63, 3.8) is 0 Å². The molecule has 0 unspecified atom stereocenters. The Morgan fingerprint density at radius 1 is 1.44 bits per heavy atom. The monoisotopic (exact) mass is 241 g/mol. The number of aromatic nitrogens is 3. The van der Waals surface area contributed by atoms with E-state index in [0.717, 1.165) is 5.56 Å². The molecule has 90 valence electrons. The lowest BCUT2D eigenvalue weighted by Gasteiger charge is -2.02. The summed E-state index contributed by atoms with van der Waals surface area (Å²) in [4.78, 5) is 15.6. The van der Waals surface area contributed by atoms with E-state index in [2.05, 4.69) is 20.5 Å². The molecule has 1 aromatic heterocycles. The normalized spacial score (nSPS) is 9.78. The Labute approximate surface area is 104 Å². The second-order valence-electron chi connectivity index (χ2n) is 3.74. The molecule has 0 saturated carbocycles. The van der Waals surface area contributed by atoms with E-state index < -0.39 is 0 Å². The van der Waals surface area contributed by atoms with Gasteiger partial charge in [-0.15, -0.1) is 5.10 Å². The summed E-state index contributed by atoms with van der Waals surface area (Å²) >= 11 is 0. The zero-order valence-corrected chi connectivity index (χ0v) is 9.77. The Morgan fingerprint density at radius 2 is 2.17 bits per heavy atom. The zero-order valence-electron chi connectivity index (χ0n) is 9.77. The average molecular weight is 241 g/mol. The summed E-state index contributed by atoms with van der Waals surface area (Å²) in [6, 6.07) is 9.04. The van der Waals surface area contributed by atoms with E-state index >= 15 is 0 Å². The van der Waals surface area contributed by atoms with E-state index in [0.29, 0.717) is 17.9 Å². The molecule has 0 atom stereocenters. The predicted octanol–water partition coefficient (Wildman–Crippen LogP) is 0.915. The number of aryl methyl sites for hydroxylation is 1. The van der Waals surface area contributed by atoms with Crippen LogP contribution in [0.5, 0.6) is 0 Å². The standard InChI is InChI=1S/C12H11N5O/c1-8-15-11(17-16-8)12(18)14-7-10-4-2-9(6-13)3-5-10/h2-5H,7H2,1H3,(H,14,18)(H,15,16,17). The summed E-state index contributed by atoms with van der Waals surface area (Å²) in [7, 11) is 0. The maximum Gasteiger partial charge on any atom is 0.291 e. The summed E-state index contributed by atoms with van der Waals surface area (Å²) in [6.45, 7) is 2.10. The van der Waals surface area contributed by atoms with Gasteiger partial charge in [0, 0.05) is 6.54 Å². The number of hydrogen-bond donors (Lipinski definition) is 2. The van der Waals surface area contributed by atoms with Crippen molar-refractivity contribution in [2.75, 3.05) is 0 Å². The van der Waals surface area contributed by atoms with E-state index in [4.69, 9.17) is 5.26 Å². The molecule has 0 bridgehead atoms. The van der Waals surface area contributed by atoms with E-state index in [1.54, 1.807) is 31.2 Å². The van der Waals surface area contributed by atoms with Crippen LogP contribution in [0.1, 0.15) is 27.6 Å². The van der Waals surface area contributed by atoms with E-state index in [-0.39, 0.29) is 11.7 Å². The van der Waals surface area contributed by atoms with Crippen LogP contribution < -0.4 is 5.32 Å². The molecule has 1 amide bonds. The molecular formula is C12H11N5O. The molecular weight excluding hydrogens is 230 g/mol. The lowest BCUT2D eigenvalue weighted by Crippen LogP contribution is -2.24. The van der Waals surface area contributed by atoms with Crippen LogP contribution in [-0.2, 0) is 6.54 Å². The Bertz CT molecular complexity index is 594. The fourth-order valence-corrected chi connectivity index (χ4v) is 1.40. The maximum atomic E-state index is 11.6. The third-order valence-electron chi connectivity index (χ3n) is 2.34. The van der Waals surface area contributed by atoms with Gasteiger partial charge in [0.25, 0.3) is 5.91 Å². The second kappa shape index (κ2) is 5.10. The highest BCUT2D eigenvalue weighted by atomic mass is 16.2. The van der Waals surface area contributed by atoms with Gasteiger partial charge in [-0.05, 0) is 24.6 Å². The second-order valence-corrected chi connectivity index (χ2v) is 3.74. The number of H-pyrrole nitrogens is 1. The Morgan fingerprint density at radius 3 is 2.72 bits per heavy atom. The molecule has 0 radical (unpaired) electrons. The zero-order chi connectivity index (χ0) is 13.0. The van der Waals surface area contributed by atoms with Crippen molar-refractivity contribution < 1.29 is 4.79 Å². The quantitative estimate of drug-likeness (QED) is 0.835. The Balaban J connectivity index is 1.95. The van der Waals surface area contributed by atoms with Crippen molar-refractivity contribution in [3.05, 3.63) is 47.0 Å². The molecule has 18 heavy (non-hydrogen) atoms. The number of rotatable bonds is 3. The molecule has 6 heteroatoms. The van der Waals surface area contributed by atoms with E-state index in [1.807, 2.05) is 6.07 Å². The molecule has 0 saturated heterocycles. The van der Waals surface area contributed by atoms with Crippen molar-refractivity contribution in [3.8, 4) is 6.07 Å². The molecule has 1 aromatic carbocycles. The highest BCUT2D eigenvalue weighted by molar-refractivity contribution is 5.90. The molecule has 6 nitrogen and oxygen atoms in total. The van der Waals surface area contributed by atoms with Gasteiger partial charge in [0.1, 0.15) is 5.82 Å². The molecule has 0 aliphatic rings. The summed E-state index contributed by atoms with van der Waals surface area (Å²) < 4.78 is 0. The van der Waals surface area contributed by atoms with Crippen LogP contribution in [0.2, 0.25) is 0 Å². The van der Waals surface area contributed by atoms with Gasteiger partial charge in [-0.3, -0.25) is 9.89 Å². The minimum Gasteiger partial charge on any atom is -0.345 e. The first-order chi connectivity index (χ1) is 8.69. The number of aromatic amines is 1. The molecule has 0 aliphatic carbocycles. The molecule has 0 fully saturated rings. The van der Waals surface area contributed by atoms with E-state index in [1.165, 1.54) is 0 Å². The SMILES string of the molecule is Cc1nc(C(=O)NCc2ccc(C#N)cc2)n[nH]1. The number of hydrogen-bond acceptors (Lipinski definition) is 4. The predicted molar refractivity (Wildman–Crippen MR) is 63.4 cm³/mol. The van der Waals surface area contributed by atoms with Gasteiger partial charge < -0.3 is 5.32 Å². The lowest BCUT2D eigenvalue weighted by atomic mass is 10.1. The van der Waals surface area contributed by atoms with Crippen LogP contribution >= 0.6 is 0 Å². The van der Waals surface area contributed by atoms with Crippen LogP contribution in [-0.4, -0.2) is 21.1 Å². The molecule has 1 heterocycles. The van der Waals surface area contributed by atoms with Gasteiger partial charge in [-0.1, -0.05) is 12.1 Å². The number of carbonyl (C=O) groups is 1. The largest absolute Gasteiger partial charge is 0.345 e. The highest BCUT2D eigenvalue weighted by Gasteiger charge is 2.10. The van der Waals surface area contributed by atoms with E-state index in [9.17, 15) is 4.79 Å². The minimum atomic E-state index is -0.330. The maximum absolute atomic E-state index is 11.6. The molecule has 2 aromatic rings. The van der Waals surface area contributed by atoms with Crippen LogP contribution in [0.15, 0.2) is 24.3 Å². The van der Waals surface area contributed by atoms with Crippen molar-refractivity contribution in [2.24, 2.45) is 0 Å². The van der Waals surface area contributed by atoms with Crippen molar-refractivity contribution in [1.82, 2.24) is 20.5 Å². The summed E-state index contributed by atoms with van der Waals surface area (Å²) in [6.07, 6.45) is 0. The van der Waals surface area contributed by atoms with Crippen molar-refractivity contribution in [1.29, 1.82) is 5.26 Å². The van der Waals surface area contributed by atoms with Gasteiger partial charge >= 0.3 is 0 Å². The first kappa shape index (κ1) is 11.8. The van der Waals surface area contributed by atoms with Gasteiger partial charge in [-0.2, -0.15) is 5.26 Å². The fraction of sp³-hybridized carbons (Fsp3) is 0.167. The number of carbonyl (C=O) groups excluding carboxylic acids is 1. The fourth-order valence-electron chi connectivity index (χ4n) is 1.40. The van der Waals surface area contributed by atoms with Gasteiger partial charge in [0.2, 0.25) is 5.82 Å². The third-order valence-corrected chi connectivity index (χ3v) is 2.34. The highest BCUT2D eigenvalue weighted by Crippen LogP contribution is 2.03. The van der Waals surface area contributed by atoms with Crippen molar-refractivity contribution in [2.45, 2.75) is 13.5 Å². The Hall–Kier alpha value is -2.68. The van der Waals surface area contributed by atoms with Crippen molar-refractivity contribution >= 4 is 5.91 Å². The van der Waals surface area contributed by atoms with Gasteiger partial charge in [0.05, 0.1) is 11.6 Å². The lowest BCUT2D eigenvalue weighted by molar-refractivity contribution is 0.0941. The van der Waals surface area contributed by atoms with Gasteiger partial charge in [-0.25, -0.2) is 4.98 Å². The summed E-state index contributed by atoms with van der Waals surface area (Å²) in [5.41, 5.74) is 1.50. The van der Waals surface area contributed by atoms with Crippen LogP contribution in [0.4, 0.5) is 0 Å². The smallest absolute Gasteiger partial charge is 0.291 e. The number of amides is 1. The van der Waals surface area contributed by atoms with Gasteiger partial charge in [0.15, 0.2) is 0 Å². The molecule has 0 spiro atoms. The number of benzene rings is 1. The summed E-state index contributed by atoms with van der Waals surface area (Å²) in [5, 5.41) is 17.7. The Kier molecular flexibility index (Phi) is 3.34. The number of nitriles is 1. The average Bonchev–Trinajstić information content (AvgIpc) is 2.83. The summed E-state index contributed by atoms with van der Waals surface area (Å²) in [5.74, 6) is 0.392. The minimum absolute atomic E-state index is 0.126. The van der Waals surface area contributed by atoms with Crippen LogP contribution in [0, 0.1) is 18.3 Å². The first-order valence-corrected chi connectivity index (χ1v) is 5.35. The third kappa shape index (κ3) is 2.71. The first-order valence-electron chi connectivity index (χ1n) is 5.35. The molecule has 2 N–H and O–H groups in total. The molecule has 0 aliphatic heterocycles. The van der Waals surface area contributed by atoms with Crippen LogP contribution in [0.25, 0.3) is 0 Å². The number of nitrogens with one attached hydrogen (secondary N) is 2. The molecule has 2 rings (SSSR count).